The van der Waals surface area contributed by atoms with E-state index < -0.39 is 0 Å². The Hall–Kier alpha value is -2.74. The molecule has 0 saturated carbocycles. The second-order valence-electron chi connectivity index (χ2n) is 6.87. The first-order valence-electron chi connectivity index (χ1n) is 8.99. The van der Waals surface area contributed by atoms with Gasteiger partial charge in [-0.1, -0.05) is 0 Å². The lowest BCUT2D eigenvalue weighted by molar-refractivity contribution is 0.0701. The summed E-state index contributed by atoms with van der Waals surface area (Å²) in [6.07, 6.45) is 5.62. The predicted molar refractivity (Wildman–Crippen MR) is 103 cm³/mol. The van der Waals surface area contributed by atoms with Crippen LogP contribution in [0.4, 0.5) is 0 Å². The first kappa shape index (κ1) is 17.7. The summed E-state index contributed by atoms with van der Waals surface area (Å²) in [7, 11) is 0. The van der Waals surface area contributed by atoms with Crippen LogP contribution in [0.25, 0.3) is 0 Å². The number of rotatable bonds is 4. The Bertz CT molecular complexity index is 992. The Labute approximate surface area is 160 Å². The van der Waals surface area contributed by atoms with Crippen LogP contribution in [0.1, 0.15) is 46.3 Å². The van der Waals surface area contributed by atoms with Crippen LogP contribution in [0.2, 0.25) is 0 Å². The van der Waals surface area contributed by atoms with Crippen molar-refractivity contribution in [3.63, 3.8) is 0 Å². The van der Waals surface area contributed by atoms with E-state index in [9.17, 15) is 9.59 Å². The van der Waals surface area contributed by atoms with Crippen LogP contribution in [0.15, 0.2) is 40.2 Å². The zero-order chi connectivity index (χ0) is 18.8. The van der Waals surface area contributed by atoms with Crippen molar-refractivity contribution in [1.82, 2.24) is 24.4 Å². The number of carbonyl (C=O) groups excluding carboxylic acids is 1. The normalized spacial score (nSPS) is 17.2. The standard InChI is InChI=1S/C19H21N5O2S/c1-13-4-5-16(18(25)22-13)19(26)24-7-2-3-14(9-24)17-20-6-8-23(17)10-15-11-27-12-21-15/h4-6,8,11-12,14H,2-3,7,9-10H2,1H3,(H,22,25)/t14-/m1/s1. The van der Waals surface area contributed by atoms with Gasteiger partial charge in [-0.3, -0.25) is 9.59 Å². The molecule has 1 aliphatic rings. The molecule has 4 heterocycles. The molecule has 0 unspecified atom stereocenters. The van der Waals surface area contributed by atoms with Crippen molar-refractivity contribution in [2.45, 2.75) is 32.2 Å². The highest BCUT2D eigenvalue weighted by atomic mass is 32.1. The summed E-state index contributed by atoms with van der Waals surface area (Å²) in [5.41, 5.74) is 3.46. The molecule has 8 heteroatoms. The van der Waals surface area contributed by atoms with Gasteiger partial charge >= 0.3 is 0 Å². The summed E-state index contributed by atoms with van der Waals surface area (Å²) in [5, 5.41) is 2.03. The molecule has 0 radical (unpaired) electrons. The fourth-order valence-corrected chi connectivity index (χ4v) is 4.14. The number of amides is 1. The Morgan fingerprint density at radius 2 is 2.26 bits per heavy atom. The summed E-state index contributed by atoms with van der Waals surface area (Å²) < 4.78 is 2.10. The number of hydrogen-bond acceptors (Lipinski definition) is 5. The molecule has 3 aromatic rings. The van der Waals surface area contributed by atoms with Crippen molar-refractivity contribution in [2.75, 3.05) is 13.1 Å². The summed E-state index contributed by atoms with van der Waals surface area (Å²) in [4.78, 5) is 38.4. The molecule has 1 N–H and O–H groups in total. The minimum absolute atomic E-state index is 0.154. The van der Waals surface area contributed by atoms with E-state index in [1.807, 2.05) is 17.1 Å². The number of pyridine rings is 1. The first-order valence-corrected chi connectivity index (χ1v) is 9.93. The largest absolute Gasteiger partial charge is 0.338 e. The lowest BCUT2D eigenvalue weighted by Gasteiger charge is -2.32. The molecule has 7 nitrogen and oxygen atoms in total. The smallest absolute Gasteiger partial charge is 0.260 e. The van der Waals surface area contributed by atoms with E-state index in [1.54, 1.807) is 41.5 Å². The number of piperidine rings is 1. The maximum Gasteiger partial charge on any atom is 0.260 e. The van der Waals surface area contributed by atoms with Gasteiger partial charge in [-0.15, -0.1) is 11.3 Å². The molecule has 1 saturated heterocycles. The lowest BCUT2D eigenvalue weighted by Crippen LogP contribution is -2.41. The zero-order valence-corrected chi connectivity index (χ0v) is 15.9. The van der Waals surface area contributed by atoms with Gasteiger partial charge in [0.25, 0.3) is 11.5 Å². The molecule has 1 aliphatic heterocycles. The molecule has 4 rings (SSSR count). The van der Waals surface area contributed by atoms with Crippen LogP contribution in [0.3, 0.4) is 0 Å². The van der Waals surface area contributed by atoms with E-state index in [-0.39, 0.29) is 22.9 Å². The van der Waals surface area contributed by atoms with E-state index in [0.717, 1.165) is 30.1 Å². The van der Waals surface area contributed by atoms with Crippen molar-refractivity contribution in [1.29, 1.82) is 0 Å². The lowest BCUT2D eigenvalue weighted by atomic mass is 9.96. The second kappa shape index (κ2) is 7.48. The van der Waals surface area contributed by atoms with Gasteiger partial charge in [-0.05, 0) is 31.9 Å². The Morgan fingerprint density at radius 1 is 1.37 bits per heavy atom. The number of imidazole rings is 1. The fourth-order valence-electron chi connectivity index (χ4n) is 3.59. The number of H-pyrrole nitrogens is 1. The van der Waals surface area contributed by atoms with Crippen molar-refractivity contribution in [3.05, 3.63) is 68.5 Å². The van der Waals surface area contributed by atoms with Crippen molar-refractivity contribution in [2.24, 2.45) is 0 Å². The molecule has 27 heavy (non-hydrogen) atoms. The minimum atomic E-state index is -0.327. The summed E-state index contributed by atoms with van der Waals surface area (Å²) in [6, 6.07) is 3.37. The monoisotopic (exact) mass is 383 g/mol. The van der Waals surface area contributed by atoms with Gasteiger partial charge in [-0.25, -0.2) is 9.97 Å². The Kier molecular flexibility index (Phi) is 4.89. The van der Waals surface area contributed by atoms with E-state index in [2.05, 4.69) is 19.5 Å². The highest BCUT2D eigenvalue weighted by Gasteiger charge is 2.29. The minimum Gasteiger partial charge on any atom is -0.338 e. The fraction of sp³-hybridized carbons (Fsp3) is 0.368. The first-order chi connectivity index (χ1) is 13.1. The molecule has 0 spiro atoms. The van der Waals surface area contributed by atoms with E-state index >= 15 is 0 Å². The topological polar surface area (TPSA) is 83.9 Å². The van der Waals surface area contributed by atoms with E-state index in [1.165, 1.54) is 0 Å². The SMILES string of the molecule is Cc1ccc(C(=O)N2CCC[C@@H](c3nccn3Cc3cscn3)C2)c(=O)[nH]1. The number of thiazole rings is 1. The number of aryl methyl sites for hydroxylation is 1. The number of nitrogens with one attached hydrogen (secondary N) is 1. The highest BCUT2D eigenvalue weighted by Crippen LogP contribution is 2.27. The molecule has 0 aliphatic carbocycles. The van der Waals surface area contributed by atoms with Crippen LogP contribution in [-0.4, -0.2) is 43.4 Å². The third-order valence-electron chi connectivity index (χ3n) is 4.92. The summed E-state index contributed by atoms with van der Waals surface area (Å²) >= 11 is 1.58. The number of likely N-dealkylation sites (tertiary alicyclic amines) is 1. The average Bonchev–Trinajstić information content (AvgIpc) is 3.34. The van der Waals surface area contributed by atoms with Crippen molar-refractivity contribution in [3.8, 4) is 0 Å². The van der Waals surface area contributed by atoms with Crippen LogP contribution in [-0.2, 0) is 6.54 Å². The summed E-state index contributed by atoms with van der Waals surface area (Å²) in [5.74, 6) is 0.915. The molecular weight excluding hydrogens is 362 g/mol. The van der Waals surface area contributed by atoms with Gasteiger partial charge in [-0.2, -0.15) is 0 Å². The molecule has 1 atom stereocenters. The van der Waals surface area contributed by atoms with Gasteiger partial charge in [0.05, 0.1) is 17.7 Å². The quantitative estimate of drug-likeness (QED) is 0.750. The van der Waals surface area contributed by atoms with Gasteiger partial charge in [0.1, 0.15) is 11.4 Å². The van der Waals surface area contributed by atoms with Crippen LogP contribution >= 0.6 is 11.3 Å². The van der Waals surface area contributed by atoms with Crippen LogP contribution in [0, 0.1) is 6.92 Å². The van der Waals surface area contributed by atoms with Crippen LogP contribution < -0.4 is 5.56 Å². The Balaban J connectivity index is 1.53. The molecule has 1 fully saturated rings. The third-order valence-corrected chi connectivity index (χ3v) is 5.56. The number of aromatic nitrogens is 4. The number of carbonyl (C=O) groups is 1. The van der Waals surface area contributed by atoms with Crippen molar-refractivity contribution < 1.29 is 4.79 Å². The molecule has 0 aromatic carbocycles. The van der Waals surface area contributed by atoms with Gasteiger partial charge in [0.2, 0.25) is 0 Å². The van der Waals surface area contributed by atoms with Crippen molar-refractivity contribution >= 4 is 17.2 Å². The highest BCUT2D eigenvalue weighted by molar-refractivity contribution is 7.07. The average molecular weight is 383 g/mol. The Morgan fingerprint density at radius 3 is 3.04 bits per heavy atom. The molecular formula is C19H21N5O2S. The molecule has 0 bridgehead atoms. The van der Waals surface area contributed by atoms with Gasteiger partial charge in [0.15, 0.2) is 0 Å². The number of nitrogens with zero attached hydrogens (tertiary/aromatic N) is 4. The van der Waals surface area contributed by atoms with Crippen LogP contribution in [0.5, 0.6) is 0 Å². The zero-order valence-electron chi connectivity index (χ0n) is 15.1. The van der Waals surface area contributed by atoms with Gasteiger partial charge < -0.3 is 14.5 Å². The predicted octanol–water partition coefficient (Wildman–Crippen LogP) is 2.40. The molecule has 140 valence electrons. The number of aromatic amines is 1. The second-order valence-corrected chi connectivity index (χ2v) is 7.59. The van der Waals surface area contributed by atoms with E-state index in [0.29, 0.717) is 19.6 Å². The maximum atomic E-state index is 12.9. The maximum absolute atomic E-state index is 12.9. The molecule has 3 aromatic heterocycles. The summed E-state index contributed by atoms with van der Waals surface area (Å²) in [6.45, 7) is 3.71. The number of hydrogen-bond donors (Lipinski definition) is 1. The third kappa shape index (κ3) is 3.71. The van der Waals surface area contributed by atoms with E-state index in [4.69, 9.17) is 0 Å². The van der Waals surface area contributed by atoms with Gasteiger partial charge in [0, 0.05) is 42.5 Å². The molecule has 1 amide bonds.